The minimum atomic E-state index is -5.08. The Hall–Kier alpha value is -2.31. The zero-order valence-electron chi connectivity index (χ0n) is 16.8. The maximum absolute atomic E-state index is 10.6. The first-order chi connectivity index (χ1) is 14.7. The quantitative estimate of drug-likeness (QED) is 0.657. The monoisotopic (exact) mass is 460 g/mol. The number of halogens is 3. The van der Waals surface area contributed by atoms with Crippen molar-refractivity contribution in [2.24, 2.45) is 5.92 Å². The van der Waals surface area contributed by atoms with Crippen molar-refractivity contribution in [3.05, 3.63) is 35.1 Å². The topological polar surface area (TPSA) is 97.7 Å². The van der Waals surface area contributed by atoms with E-state index in [4.69, 9.17) is 19.4 Å². The summed E-state index contributed by atoms with van der Waals surface area (Å²) in [5.74, 6) is -2.19. The average molecular weight is 460 g/mol. The lowest BCUT2D eigenvalue weighted by Crippen LogP contribution is -2.65. The highest BCUT2D eigenvalue weighted by molar-refractivity contribution is 7.15. The number of aryl methyl sites for hydroxylation is 1. The van der Waals surface area contributed by atoms with Crippen LogP contribution in [-0.2, 0) is 20.9 Å². The first kappa shape index (κ1) is 23.4. The number of rotatable bonds is 6. The molecule has 170 valence electrons. The van der Waals surface area contributed by atoms with E-state index in [0.29, 0.717) is 12.5 Å². The Morgan fingerprint density at radius 3 is 2.61 bits per heavy atom. The molecule has 1 atom stereocenters. The molecule has 31 heavy (non-hydrogen) atoms. The molecule has 0 aliphatic carbocycles. The van der Waals surface area contributed by atoms with Crippen LogP contribution in [0.5, 0.6) is 0 Å². The predicted molar refractivity (Wildman–Crippen MR) is 106 cm³/mol. The lowest BCUT2D eigenvalue weighted by Gasteiger charge is -2.50. The Morgan fingerprint density at radius 2 is 2.03 bits per heavy atom. The number of aliphatic carboxylic acids is 1. The summed E-state index contributed by atoms with van der Waals surface area (Å²) in [5.41, 5.74) is 1.17. The number of hydrogen-bond acceptors (Lipinski definition) is 8. The number of carbonyl (C=O) groups is 1. The van der Waals surface area contributed by atoms with Crippen LogP contribution in [0.2, 0.25) is 0 Å². The first-order valence-electron chi connectivity index (χ1n) is 9.65. The lowest BCUT2D eigenvalue weighted by molar-refractivity contribution is -0.192. The Morgan fingerprint density at radius 1 is 1.35 bits per heavy atom. The molecule has 1 N–H and O–H groups in total. The van der Waals surface area contributed by atoms with Gasteiger partial charge in [-0.05, 0) is 43.4 Å². The molecule has 1 spiro atoms. The fraction of sp³-hybridized carbons (Fsp3) is 0.579. The van der Waals surface area contributed by atoms with Crippen molar-refractivity contribution >= 4 is 22.4 Å². The van der Waals surface area contributed by atoms with Crippen molar-refractivity contribution in [2.75, 3.05) is 31.2 Å². The second-order valence-corrected chi connectivity index (χ2v) is 8.52. The van der Waals surface area contributed by atoms with E-state index in [2.05, 4.69) is 20.1 Å². The molecule has 0 amide bonds. The van der Waals surface area contributed by atoms with E-state index in [9.17, 15) is 13.2 Å². The first-order valence-corrected chi connectivity index (χ1v) is 10.5. The van der Waals surface area contributed by atoms with E-state index in [1.165, 1.54) is 5.56 Å². The fourth-order valence-electron chi connectivity index (χ4n) is 3.59. The number of carboxylic acids is 1. The van der Waals surface area contributed by atoms with Crippen molar-refractivity contribution in [2.45, 2.75) is 38.1 Å². The molecule has 8 nitrogen and oxygen atoms in total. The summed E-state index contributed by atoms with van der Waals surface area (Å²) in [6, 6.07) is 3.99. The predicted octanol–water partition coefficient (Wildman–Crippen LogP) is 3.08. The number of ether oxygens (including phenoxy) is 2. The number of aromatic nitrogens is 3. The molecule has 0 bridgehead atoms. The Balaban J connectivity index is 0.000000339. The van der Waals surface area contributed by atoms with Crippen molar-refractivity contribution in [3.8, 4) is 0 Å². The van der Waals surface area contributed by atoms with Crippen LogP contribution in [0.4, 0.5) is 18.3 Å². The maximum atomic E-state index is 10.6. The van der Waals surface area contributed by atoms with Crippen LogP contribution in [-0.4, -0.2) is 64.3 Å². The van der Waals surface area contributed by atoms with Gasteiger partial charge in [-0.25, -0.2) is 4.79 Å². The zero-order chi connectivity index (χ0) is 22.5. The summed E-state index contributed by atoms with van der Waals surface area (Å²) in [5, 5.41) is 17.5. The van der Waals surface area contributed by atoms with Gasteiger partial charge in [0, 0.05) is 25.6 Å². The van der Waals surface area contributed by atoms with E-state index < -0.39 is 12.1 Å². The van der Waals surface area contributed by atoms with Gasteiger partial charge in [-0.1, -0.05) is 11.3 Å². The summed E-state index contributed by atoms with van der Waals surface area (Å²) in [6.07, 6.45) is 0.697. The van der Waals surface area contributed by atoms with Crippen LogP contribution in [0.3, 0.4) is 0 Å². The van der Waals surface area contributed by atoms with Crippen LogP contribution in [0.15, 0.2) is 24.5 Å². The maximum Gasteiger partial charge on any atom is 0.490 e. The highest BCUT2D eigenvalue weighted by Crippen LogP contribution is 2.43. The molecule has 2 aliphatic rings. The van der Waals surface area contributed by atoms with Gasteiger partial charge < -0.3 is 19.5 Å². The highest BCUT2D eigenvalue weighted by Gasteiger charge is 2.53. The smallest absolute Gasteiger partial charge is 0.475 e. The van der Waals surface area contributed by atoms with E-state index in [1.807, 2.05) is 19.1 Å². The van der Waals surface area contributed by atoms with Gasteiger partial charge in [0.05, 0.1) is 19.7 Å². The number of pyridine rings is 1. The number of carboxylic acid groups (broad SMARTS) is 1. The van der Waals surface area contributed by atoms with E-state index >= 15 is 0 Å². The van der Waals surface area contributed by atoms with Gasteiger partial charge in [0.2, 0.25) is 5.13 Å². The normalized spacial score (nSPS) is 19.6. The number of nitrogens with zero attached hydrogens (tertiary/aromatic N) is 4. The van der Waals surface area contributed by atoms with Gasteiger partial charge in [-0.3, -0.25) is 4.98 Å². The van der Waals surface area contributed by atoms with Crippen molar-refractivity contribution in [1.29, 1.82) is 0 Å². The summed E-state index contributed by atoms with van der Waals surface area (Å²) in [6.45, 7) is 6.13. The van der Waals surface area contributed by atoms with Gasteiger partial charge in [0.1, 0.15) is 10.6 Å². The van der Waals surface area contributed by atoms with Gasteiger partial charge in [0.15, 0.2) is 0 Å². The summed E-state index contributed by atoms with van der Waals surface area (Å²) in [7, 11) is 0. The number of anilines is 1. The molecule has 1 unspecified atom stereocenters. The largest absolute Gasteiger partial charge is 0.490 e. The standard InChI is InChI=1S/C17H22N4O2S.C2HF3O2/c1-13-19-20-16(24-13)21-11-17(12-21)15(5-9-23-17)4-8-22-10-14-2-6-18-7-3-14;3-2(4,5)1(6)7/h2-3,6-7,15H,4-5,8-12H2,1H3;(H,6,7). The minimum absolute atomic E-state index is 0.000395. The van der Waals surface area contributed by atoms with Gasteiger partial charge in [-0.2, -0.15) is 13.2 Å². The van der Waals surface area contributed by atoms with Crippen LogP contribution < -0.4 is 4.90 Å². The molecule has 0 saturated carbocycles. The van der Waals surface area contributed by atoms with Crippen molar-refractivity contribution < 1.29 is 32.5 Å². The molecule has 2 fully saturated rings. The third kappa shape index (κ3) is 6.11. The van der Waals surface area contributed by atoms with Crippen LogP contribution in [0.25, 0.3) is 0 Å². The number of alkyl halides is 3. The van der Waals surface area contributed by atoms with Gasteiger partial charge in [0.25, 0.3) is 0 Å². The van der Waals surface area contributed by atoms with E-state index in [-0.39, 0.29) is 5.60 Å². The molecular formula is C19H23F3N4O4S. The Bertz CT molecular complexity index is 859. The molecule has 12 heteroatoms. The molecule has 2 aromatic rings. The molecule has 2 saturated heterocycles. The van der Waals surface area contributed by atoms with Gasteiger partial charge >= 0.3 is 12.1 Å². The molecule has 0 radical (unpaired) electrons. The van der Waals surface area contributed by atoms with Crippen LogP contribution in [0, 0.1) is 12.8 Å². The van der Waals surface area contributed by atoms with Crippen molar-refractivity contribution in [1.82, 2.24) is 15.2 Å². The third-order valence-corrected chi connectivity index (χ3v) is 6.07. The number of hydrogen-bond donors (Lipinski definition) is 1. The van der Waals surface area contributed by atoms with Gasteiger partial charge in [-0.15, -0.1) is 10.2 Å². The average Bonchev–Trinajstić information content (AvgIpc) is 3.31. The van der Waals surface area contributed by atoms with E-state index in [1.54, 1.807) is 23.7 Å². The molecule has 4 heterocycles. The highest BCUT2D eigenvalue weighted by atomic mass is 32.1. The third-order valence-electron chi connectivity index (χ3n) is 5.17. The van der Waals surface area contributed by atoms with Crippen molar-refractivity contribution in [3.63, 3.8) is 0 Å². The van der Waals surface area contributed by atoms with E-state index in [0.717, 1.165) is 49.3 Å². The van der Waals surface area contributed by atoms with Crippen LogP contribution >= 0.6 is 11.3 Å². The van der Waals surface area contributed by atoms with Crippen LogP contribution in [0.1, 0.15) is 23.4 Å². The Kier molecular flexibility index (Phi) is 7.44. The molecule has 0 aromatic carbocycles. The fourth-order valence-corrected chi connectivity index (χ4v) is 4.27. The molecular weight excluding hydrogens is 437 g/mol. The minimum Gasteiger partial charge on any atom is -0.475 e. The summed E-state index contributed by atoms with van der Waals surface area (Å²) < 4.78 is 43.7. The summed E-state index contributed by atoms with van der Waals surface area (Å²) in [4.78, 5) is 15.2. The molecule has 2 aromatic heterocycles. The second-order valence-electron chi connectivity index (χ2n) is 7.36. The summed E-state index contributed by atoms with van der Waals surface area (Å²) >= 11 is 1.65. The second kappa shape index (κ2) is 9.88. The molecule has 4 rings (SSSR count). The lowest BCUT2D eigenvalue weighted by atomic mass is 9.79. The Labute approximate surface area is 181 Å². The zero-order valence-corrected chi connectivity index (χ0v) is 17.7. The molecule has 2 aliphatic heterocycles. The SMILES string of the molecule is Cc1nnc(N2CC3(C2)OCCC3CCOCc2ccncc2)s1.O=C(O)C(F)(F)F.